The Morgan fingerprint density at radius 1 is 1.41 bits per heavy atom. The van der Waals surface area contributed by atoms with Gasteiger partial charge in [0.1, 0.15) is 11.1 Å². The van der Waals surface area contributed by atoms with E-state index in [9.17, 15) is 10.1 Å². The lowest BCUT2D eigenvalue weighted by molar-refractivity contribution is -0.113. The molecule has 1 amide bonds. The molecular weight excluding hydrogens is 400 g/mol. The fourth-order valence-electron chi connectivity index (χ4n) is 3.01. The second kappa shape index (κ2) is 7.72. The molecule has 10 heteroatoms. The minimum absolute atomic E-state index is 0.146. The average molecular weight is 417 g/mol. The van der Waals surface area contributed by atoms with Crippen molar-refractivity contribution < 1.29 is 4.79 Å². The van der Waals surface area contributed by atoms with Gasteiger partial charge in [-0.2, -0.15) is 5.26 Å². The molecule has 0 fully saturated rings. The van der Waals surface area contributed by atoms with Gasteiger partial charge in [0.25, 0.3) is 0 Å². The number of carbonyl (C=O) groups excluding carboxylic acids is 1. The summed E-state index contributed by atoms with van der Waals surface area (Å²) in [5.41, 5.74) is 1.73. The SMILES string of the molecule is N#Cc1c(NC(=O)CSc2nnc(-c3cccs3)n2N)sc2c1CCCC2. The molecule has 27 heavy (non-hydrogen) atoms. The van der Waals surface area contributed by atoms with Gasteiger partial charge < -0.3 is 11.2 Å². The minimum atomic E-state index is -0.184. The molecule has 0 saturated carbocycles. The van der Waals surface area contributed by atoms with Gasteiger partial charge in [0.15, 0.2) is 5.82 Å². The van der Waals surface area contributed by atoms with Gasteiger partial charge in [0.2, 0.25) is 11.1 Å². The number of carbonyl (C=O) groups is 1. The summed E-state index contributed by atoms with van der Waals surface area (Å²) in [6, 6.07) is 6.09. The molecule has 0 spiro atoms. The third-order valence-corrected chi connectivity index (χ3v) is 7.29. The number of hydrogen-bond acceptors (Lipinski definition) is 8. The van der Waals surface area contributed by atoms with Crippen molar-refractivity contribution in [3.05, 3.63) is 33.5 Å². The number of nitrogens with zero attached hydrogens (tertiary/aromatic N) is 4. The van der Waals surface area contributed by atoms with Gasteiger partial charge in [-0.3, -0.25) is 4.79 Å². The number of fused-ring (bicyclic) bond motifs is 1. The Labute approximate surface area is 168 Å². The maximum atomic E-state index is 12.4. The van der Waals surface area contributed by atoms with Gasteiger partial charge in [-0.25, -0.2) is 4.68 Å². The van der Waals surface area contributed by atoms with Crippen molar-refractivity contribution in [2.45, 2.75) is 30.8 Å². The second-order valence-corrected chi connectivity index (χ2v) is 9.01. The second-order valence-electron chi connectivity index (χ2n) is 6.02. The van der Waals surface area contributed by atoms with Gasteiger partial charge in [-0.05, 0) is 42.7 Å². The van der Waals surface area contributed by atoms with Gasteiger partial charge in [0, 0.05) is 4.88 Å². The van der Waals surface area contributed by atoms with Crippen molar-refractivity contribution in [1.82, 2.24) is 14.9 Å². The van der Waals surface area contributed by atoms with Crippen LogP contribution in [0.1, 0.15) is 28.8 Å². The molecule has 3 heterocycles. The predicted molar refractivity (Wildman–Crippen MR) is 109 cm³/mol. The third-order valence-electron chi connectivity index (χ3n) is 4.27. The maximum Gasteiger partial charge on any atom is 0.235 e. The van der Waals surface area contributed by atoms with E-state index in [4.69, 9.17) is 5.84 Å². The first-order valence-electron chi connectivity index (χ1n) is 8.39. The summed E-state index contributed by atoms with van der Waals surface area (Å²) in [4.78, 5) is 14.5. The van der Waals surface area contributed by atoms with E-state index in [0.717, 1.165) is 36.1 Å². The van der Waals surface area contributed by atoms with Crippen LogP contribution >= 0.6 is 34.4 Å². The predicted octanol–water partition coefficient (Wildman–Crippen LogP) is 3.26. The molecule has 138 valence electrons. The number of hydrogen-bond donors (Lipinski definition) is 2. The van der Waals surface area contributed by atoms with Crippen LogP contribution in [0.5, 0.6) is 0 Å². The van der Waals surface area contributed by atoms with Crippen LogP contribution in [-0.4, -0.2) is 26.5 Å². The molecule has 1 aliphatic rings. The third kappa shape index (κ3) is 3.58. The Hall–Kier alpha value is -2.35. The Morgan fingerprint density at radius 2 is 2.26 bits per heavy atom. The summed E-state index contributed by atoms with van der Waals surface area (Å²) < 4.78 is 1.40. The number of aryl methyl sites for hydroxylation is 1. The molecule has 0 radical (unpaired) electrons. The number of nitrogen functional groups attached to an aromatic ring is 1. The normalized spacial score (nSPS) is 13.1. The molecule has 0 bridgehead atoms. The maximum absolute atomic E-state index is 12.4. The highest BCUT2D eigenvalue weighted by molar-refractivity contribution is 7.99. The Morgan fingerprint density at radius 3 is 3.04 bits per heavy atom. The number of thioether (sulfide) groups is 1. The lowest BCUT2D eigenvalue weighted by Crippen LogP contribution is -2.16. The molecule has 3 N–H and O–H groups in total. The number of anilines is 1. The number of amides is 1. The van der Waals surface area contributed by atoms with E-state index in [1.165, 1.54) is 44.0 Å². The molecule has 0 unspecified atom stereocenters. The van der Waals surface area contributed by atoms with E-state index in [-0.39, 0.29) is 11.7 Å². The molecule has 3 aromatic rings. The highest BCUT2D eigenvalue weighted by Gasteiger charge is 2.22. The van der Waals surface area contributed by atoms with E-state index in [2.05, 4.69) is 21.6 Å². The Kier molecular flexibility index (Phi) is 5.15. The number of nitriles is 1. The highest BCUT2D eigenvalue weighted by atomic mass is 32.2. The monoisotopic (exact) mass is 416 g/mol. The van der Waals surface area contributed by atoms with Crippen molar-refractivity contribution in [1.29, 1.82) is 5.26 Å². The lowest BCUT2D eigenvalue weighted by atomic mass is 9.96. The molecule has 1 aliphatic carbocycles. The van der Waals surface area contributed by atoms with Crippen LogP contribution in [0.25, 0.3) is 10.7 Å². The fourth-order valence-corrected chi connectivity index (χ4v) is 5.63. The van der Waals surface area contributed by atoms with Crippen LogP contribution in [-0.2, 0) is 17.6 Å². The van der Waals surface area contributed by atoms with E-state index >= 15 is 0 Å². The number of aromatic nitrogens is 3. The average Bonchev–Trinajstić information content (AvgIpc) is 3.38. The smallest absolute Gasteiger partial charge is 0.235 e. The van der Waals surface area contributed by atoms with Crippen molar-refractivity contribution in [2.75, 3.05) is 16.9 Å². The molecule has 0 atom stereocenters. The van der Waals surface area contributed by atoms with Gasteiger partial charge in [0.05, 0.1) is 16.2 Å². The van der Waals surface area contributed by atoms with Crippen LogP contribution < -0.4 is 11.2 Å². The van der Waals surface area contributed by atoms with Crippen LogP contribution in [0.15, 0.2) is 22.7 Å². The Balaban J connectivity index is 1.43. The van der Waals surface area contributed by atoms with Gasteiger partial charge >= 0.3 is 0 Å². The van der Waals surface area contributed by atoms with Crippen molar-refractivity contribution >= 4 is 45.3 Å². The summed E-state index contributed by atoms with van der Waals surface area (Å²) in [6.45, 7) is 0. The number of thiophene rings is 2. The quantitative estimate of drug-likeness (QED) is 0.488. The zero-order chi connectivity index (χ0) is 18.8. The van der Waals surface area contributed by atoms with Crippen LogP contribution in [0.2, 0.25) is 0 Å². The first kappa shape index (κ1) is 18.0. The van der Waals surface area contributed by atoms with Crippen LogP contribution in [0, 0.1) is 11.3 Å². The number of nitrogens with one attached hydrogen (secondary N) is 1. The van der Waals surface area contributed by atoms with E-state index in [1.807, 2.05) is 17.5 Å². The molecule has 7 nitrogen and oxygen atoms in total. The molecular formula is C17H16N6OS3. The molecule has 4 rings (SSSR count). The molecule has 0 saturated heterocycles. The first-order chi connectivity index (χ1) is 13.2. The van der Waals surface area contributed by atoms with Crippen LogP contribution in [0.4, 0.5) is 5.00 Å². The van der Waals surface area contributed by atoms with E-state index in [0.29, 0.717) is 21.5 Å². The van der Waals surface area contributed by atoms with Gasteiger partial charge in [-0.1, -0.05) is 17.8 Å². The van der Waals surface area contributed by atoms with Crippen molar-refractivity contribution in [3.8, 4) is 16.8 Å². The summed E-state index contributed by atoms with van der Waals surface area (Å²) in [5.74, 6) is 6.59. The molecule has 3 aromatic heterocycles. The summed E-state index contributed by atoms with van der Waals surface area (Å²) in [7, 11) is 0. The summed E-state index contributed by atoms with van der Waals surface area (Å²) >= 11 is 4.27. The lowest BCUT2D eigenvalue weighted by Gasteiger charge is -2.09. The number of rotatable bonds is 5. The molecule has 0 aliphatic heterocycles. The largest absolute Gasteiger partial charge is 0.335 e. The Bertz CT molecular complexity index is 1010. The zero-order valence-electron chi connectivity index (χ0n) is 14.3. The highest BCUT2D eigenvalue weighted by Crippen LogP contribution is 2.37. The number of nitrogens with two attached hydrogens (primary N) is 1. The first-order valence-corrected chi connectivity index (χ1v) is 11.1. The van der Waals surface area contributed by atoms with Gasteiger partial charge in [-0.15, -0.1) is 32.9 Å². The summed E-state index contributed by atoms with van der Waals surface area (Å²) in [5, 5.41) is 23.6. The van der Waals surface area contributed by atoms with Crippen LogP contribution in [0.3, 0.4) is 0 Å². The zero-order valence-corrected chi connectivity index (χ0v) is 16.7. The van der Waals surface area contributed by atoms with E-state index in [1.54, 1.807) is 0 Å². The van der Waals surface area contributed by atoms with Crippen molar-refractivity contribution in [2.24, 2.45) is 0 Å². The fraction of sp³-hybridized carbons (Fsp3) is 0.294. The van der Waals surface area contributed by atoms with E-state index < -0.39 is 0 Å². The van der Waals surface area contributed by atoms with Crippen molar-refractivity contribution in [3.63, 3.8) is 0 Å². The standard InChI is InChI=1S/C17H16N6OS3/c18-8-11-10-4-1-2-5-12(10)27-16(11)20-14(24)9-26-17-22-21-15(23(17)19)13-6-3-7-25-13/h3,6-7H,1-2,4-5,9,19H2,(H,20,24). The minimum Gasteiger partial charge on any atom is -0.335 e. The molecule has 0 aromatic carbocycles. The topological polar surface area (TPSA) is 110 Å². The summed E-state index contributed by atoms with van der Waals surface area (Å²) in [6.07, 6.45) is 4.14.